The number of aliphatic hydroxyl groups is 1. The highest BCUT2D eigenvalue weighted by atomic mass is 32.2. The van der Waals surface area contributed by atoms with Gasteiger partial charge in [0.2, 0.25) is 10.0 Å². The molecule has 6 nitrogen and oxygen atoms in total. The average molecular weight is 300 g/mol. The predicted octanol–water partition coefficient (Wildman–Crippen LogP) is 0.717. The number of rotatable bonds is 5. The number of nitrogen functional groups attached to an aromatic ring is 1. The fraction of sp³-hybridized carbons (Fsp3) is 0.538. The number of sulfonamides is 1. The average Bonchev–Trinajstić information content (AvgIpc) is 2.83. The summed E-state index contributed by atoms with van der Waals surface area (Å²) in [6.07, 6.45) is 1.92. The van der Waals surface area contributed by atoms with Crippen LogP contribution >= 0.6 is 0 Å². The van der Waals surface area contributed by atoms with Crippen molar-refractivity contribution in [2.24, 2.45) is 5.92 Å². The van der Waals surface area contributed by atoms with E-state index in [1.54, 1.807) is 0 Å². The molecule has 112 valence electrons. The van der Waals surface area contributed by atoms with Crippen LogP contribution in [0.2, 0.25) is 0 Å². The molecule has 1 fully saturated rings. The molecule has 1 aliphatic carbocycles. The lowest BCUT2D eigenvalue weighted by atomic mass is 10.1. The molecule has 0 heterocycles. The molecule has 0 bridgehead atoms. The number of nitrogens with one attached hydrogen (secondary N) is 1. The summed E-state index contributed by atoms with van der Waals surface area (Å²) in [6, 6.07) is 4.36. The van der Waals surface area contributed by atoms with E-state index in [1.807, 2.05) is 0 Å². The summed E-state index contributed by atoms with van der Waals surface area (Å²) in [4.78, 5) is 0.127. The van der Waals surface area contributed by atoms with Crippen molar-refractivity contribution >= 4 is 15.7 Å². The van der Waals surface area contributed by atoms with Gasteiger partial charge < -0.3 is 15.6 Å². The minimum absolute atomic E-state index is 0.127. The summed E-state index contributed by atoms with van der Waals surface area (Å²) >= 11 is 0. The van der Waals surface area contributed by atoms with Crippen molar-refractivity contribution in [3.05, 3.63) is 18.2 Å². The van der Waals surface area contributed by atoms with Crippen LogP contribution in [0.1, 0.15) is 19.3 Å². The maximum atomic E-state index is 12.2. The van der Waals surface area contributed by atoms with E-state index < -0.39 is 10.0 Å². The Hall–Kier alpha value is -1.31. The molecule has 1 aliphatic rings. The number of methoxy groups -OCH3 is 1. The van der Waals surface area contributed by atoms with Crippen molar-refractivity contribution in [1.29, 1.82) is 0 Å². The number of ether oxygens (including phenoxy) is 1. The predicted molar refractivity (Wildman–Crippen MR) is 75.9 cm³/mol. The van der Waals surface area contributed by atoms with Gasteiger partial charge >= 0.3 is 0 Å². The standard InChI is InChI=1S/C13H20N2O4S/c1-19-13-7-11(4-5-12(13)14)20(17,18)15-8-9-2-3-10(16)6-9/h4-5,7,9-10,15-16H,2-3,6,8,14H2,1H3. The third-order valence-electron chi connectivity index (χ3n) is 3.59. The third kappa shape index (κ3) is 3.41. The van der Waals surface area contributed by atoms with E-state index in [9.17, 15) is 13.5 Å². The highest BCUT2D eigenvalue weighted by Crippen LogP contribution is 2.27. The van der Waals surface area contributed by atoms with Crippen LogP contribution in [0.5, 0.6) is 5.75 Å². The van der Waals surface area contributed by atoms with Crippen LogP contribution in [0.3, 0.4) is 0 Å². The van der Waals surface area contributed by atoms with E-state index in [0.29, 0.717) is 24.4 Å². The van der Waals surface area contributed by atoms with Crippen molar-refractivity contribution in [2.45, 2.75) is 30.3 Å². The third-order valence-corrected chi connectivity index (χ3v) is 5.01. The zero-order chi connectivity index (χ0) is 14.8. The molecule has 4 N–H and O–H groups in total. The molecule has 0 spiro atoms. The van der Waals surface area contributed by atoms with Gasteiger partial charge in [-0.1, -0.05) is 0 Å². The first-order valence-electron chi connectivity index (χ1n) is 6.53. The van der Waals surface area contributed by atoms with Crippen molar-refractivity contribution in [1.82, 2.24) is 4.72 Å². The molecule has 2 atom stereocenters. The first-order chi connectivity index (χ1) is 9.42. The zero-order valence-electron chi connectivity index (χ0n) is 11.4. The van der Waals surface area contributed by atoms with Gasteiger partial charge in [-0.3, -0.25) is 0 Å². The van der Waals surface area contributed by atoms with E-state index in [4.69, 9.17) is 10.5 Å². The van der Waals surface area contributed by atoms with Gasteiger partial charge in [-0.2, -0.15) is 0 Å². The van der Waals surface area contributed by atoms with Crippen molar-refractivity contribution in [3.63, 3.8) is 0 Å². The van der Waals surface area contributed by atoms with E-state index in [0.717, 1.165) is 12.8 Å². The lowest BCUT2D eigenvalue weighted by molar-refractivity contribution is 0.178. The van der Waals surface area contributed by atoms with Crippen molar-refractivity contribution in [2.75, 3.05) is 19.4 Å². The number of aliphatic hydroxyl groups excluding tert-OH is 1. The first kappa shape index (κ1) is 15.1. The minimum atomic E-state index is -3.58. The molecule has 20 heavy (non-hydrogen) atoms. The molecule has 0 aromatic heterocycles. The van der Waals surface area contributed by atoms with Gasteiger partial charge in [0.25, 0.3) is 0 Å². The Labute approximate surface area is 119 Å². The minimum Gasteiger partial charge on any atom is -0.495 e. The Bertz CT molecular complexity index is 574. The van der Waals surface area contributed by atoms with Crippen LogP contribution in [0.4, 0.5) is 5.69 Å². The number of benzene rings is 1. The maximum Gasteiger partial charge on any atom is 0.240 e. The summed E-state index contributed by atoms with van der Waals surface area (Å²) in [5.74, 6) is 0.527. The van der Waals surface area contributed by atoms with E-state index in [1.165, 1.54) is 25.3 Å². The van der Waals surface area contributed by atoms with E-state index in [2.05, 4.69) is 4.72 Å². The van der Waals surface area contributed by atoms with Crippen LogP contribution in [-0.4, -0.2) is 33.3 Å². The Morgan fingerprint density at radius 3 is 2.80 bits per heavy atom. The first-order valence-corrected chi connectivity index (χ1v) is 8.02. The number of hydrogen-bond donors (Lipinski definition) is 3. The topological polar surface area (TPSA) is 102 Å². The van der Waals surface area contributed by atoms with E-state index in [-0.39, 0.29) is 16.9 Å². The Kier molecular flexibility index (Phi) is 4.52. The number of hydrogen-bond acceptors (Lipinski definition) is 5. The summed E-state index contributed by atoms with van der Waals surface area (Å²) < 4.78 is 32.0. The lowest BCUT2D eigenvalue weighted by Gasteiger charge is -2.12. The van der Waals surface area contributed by atoms with Gasteiger partial charge in [0, 0.05) is 12.6 Å². The largest absolute Gasteiger partial charge is 0.495 e. The van der Waals surface area contributed by atoms with Gasteiger partial charge in [0.05, 0.1) is 23.8 Å². The fourth-order valence-electron chi connectivity index (χ4n) is 2.40. The highest BCUT2D eigenvalue weighted by molar-refractivity contribution is 7.89. The fourth-order valence-corrected chi connectivity index (χ4v) is 3.53. The van der Waals surface area contributed by atoms with Crippen LogP contribution in [0, 0.1) is 5.92 Å². The number of anilines is 1. The summed E-state index contributed by atoms with van der Waals surface area (Å²) in [5, 5.41) is 9.44. The zero-order valence-corrected chi connectivity index (χ0v) is 12.2. The maximum absolute atomic E-state index is 12.2. The number of nitrogens with two attached hydrogens (primary N) is 1. The molecule has 1 aromatic carbocycles. The molecule has 2 rings (SSSR count). The second kappa shape index (κ2) is 5.99. The molecule has 0 radical (unpaired) electrons. The molecule has 0 amide bonds. The lowest BCUT2D eigenvalue weighted by Crippen LogP contribution is -2.28. The summed E-state index contributed by atoms with van der Waals surface area (Å²) in [5.41, 5.74) is 6.06. The molecule has 7 heteroatoms. The van der Waals surface area contributed by atoms with Gasteiger partial charge in [0.1, 0.15) is 5.75 Å². The quantitative estimate of drug-likeness (QED) is 0.695. The molecule has 0 saturated heterocycles. The highest BCUT2D eigenvalue weighted by Gasteiger charge is 2.25. The normalized spacial score (nSPS) is 22.9. The molecular formula is C13H20N2O4S. The Morgan fingerprint density at radius 1 is 1.45 bits per heavy atom. The summed E-state index contributed by atoms with van der Waals surface area (Å²) in [7, 11) is -2.14. The molecule has 1 saturated carbocycles. The van der Waals surface area contributed by atoms with Crippen LogP contribution in [-0.2, 0) is 10.0 Å². The molecule has 0 aliphatic heterocycles. The molecule has 1 aromatic rings. The van der Waals surface area contributed by atoms with Crippen molar-refractivity contribution in [3.8, 4) is 5.75 Å². The van der Waals surface area contributed by atoms with Gasteiger partial charge in [-0.25, -0.2) is 13.1 Å². The van der Waals surface area contributed by atoms with Crippen LogP contribution < -0.4 is 15.2 Å². The SMILES string of the molecule is COc1cc(S(=O)(=O)NCC2CCC(O)C2)ccc1N. The monoisotopic (exact) mass is 300 g/mol. The van der Waals surface area contributed by atoms with Crippen LogP contribution in [0.15, 0.2) is 23.1 Å². The Balaban J connectivity index is 2.06. The molecular weight excluding hydrogens is 280 g/mol. The van der Waals surface area contributed by atoms with E-state index >= 15 is 0 Å². The Morgan fingerprint density at radius 2 is 2.20 bits per heavy atom. The van der Waals surface area contributed by atoms with Gasteiger partial charge in [-0.15, -0.1) is 0 Å². The second-order valence-electron chi connectivity index (χ2n) is 5.09. The van der Waals surface area contributed by atoms with Crippen LogP contribution in [0.25, 0.3) is 0 Å². The van der Waals surface area contributed by atoms with Gasteiger partial charge in [0.15, 0.2) is 0 Å². The second-order valence-corrected chi connectivity index (χ2v) is 6.86. The van der Waals surface area contributed by atoms with Gasteiger partial charge in [-0.05, 0) is 37.3 Å². The van der Waals surface area contributed by atoms with Crippen molar-refractivity contribution < 1.29 is 18.3 Å². The molecule has 2 unspecified atom stereocenters. The smallest absolute Gasteiger partial charge is 0.240 e. The summed E-state index contributed by atoms with van der Waals surface area (Å²) in [6.45, 7) is 0.339.